The molecule has 4 nitrogen and oxygen atoms in total. The maximum atomic E-state index is 9.52. The summed E-state index contributed by atoms with van der Waals surface area (Å²) in [6.07, 6.45) is 1.96. The lowest BCUT2D eigenvalue weighted by Crippen LogP contribution is -2.24. The molecule has 1 unspecified atom stereocenters. The lowest BCUT2D eigenvalue weighted by Gasteiger charge is -2.10. The maximum absolute atomic E-state index is 9.52. The smallest absolute Gasteiger partial charge is 0.153 e. The van der Waals surface area contributed by atoms with Crippen LogP contribution >= 0.6 is 0 Å². The first-order chi connectivity index (χ1) is 6.52. The second kappa shape index (κ2) is 6.23. The first-order valence-corrected chi connectivity index (χ1v) is 4.28. The molecule has 0 fully saturated rings. The van der Waals surface area contributed by atoms with Crippen LogP contribution in [0.2, 0.25) is 0 Å². The van der Waals surface area contributed by atoms with Gasteiger partial charge in [0, 0.05) is 6.54 Å². The number of aliphatic hydroxyl groups excluding tert-OH is 3. The van der Waals surface area contributed by atoms with Crippen LogP contribution in [0.4, 0.5) is 0 Å². The fourth-order valence-electron chi connectivity index (χ4n) is 0.865. The largest absolute Gasteiger partial charge is 0.509 e. The average Bonchev–Trinajstić information content (AvgIpc) is 2.13. The Labute approximate surface area is 83.9 Å². The highest BCUT2D eigenvalue weighted by Crippen LogP contribution is 2.08. The number of likely N-dealkylation sites (N-methyl/N-ethyl adjacent to an activating group) is 1. The molecule has 0 aromatic rings. The molecule has 0 aliphatic carbocycles. The molecule has 0 aromatic carbocycles. The van der Waals surface area contributed by atoms with Crippen molar-refractivity contribution < 1.29 is 15.3 Å². The first-order valence-electron chi connectivity index (χ1n) is 4.28. The third-order valence-corrected chi connectivity index (χ3v) is 1.69. The van der Waals surface area contributed by atoms with Crippen molar-refractivity contribution in [3.8, 4) is 0 Å². The molecule has 1 atom stereocenters. The zero-order valence-electron chi connectivity index (χ0n) is 8.49. The van der Waals surface area contributed by atoms with Crippen LogP contribution < -0.4 is 5.32 Å². The van der Waals surface area contributed by atoms with Gasteiger partial charge in [0.25, 0.3) is 0 Å². The summed E-state index contributed by atoms with van der Waals surface area (Å²) in [7, 11) is 1.71. The second-order valence-corrected chi connectivity index (χ2v) is 2.89. The third-order valence-electron chi connectivity index (χ3n) is 1.69. The Morgan fingerprint density at radius 3 is 2.43 bits per heavy atom. The highest BCUT2D eigenvalue weighted by Gasteiger charge is 2.07. The van der Waals surface area contributed by atoms with E-state index in [1.54, 1.807) is 7.05 Å². The molecule has 0 radical (unpaired) electrons. The second-order valence-electron chi connectivity index (χ2n) is 2.89. The molecule has 0 aliphatic rings. The minimum absolute atomic E-state index is 0.194. The van der Waals surface area contributed by atoms with Gasteiger partial charge < -0.3 is 20.6 Å². The third kappa shape index (κ3) is 4.11. The molecule has 0 rings (SSSR count). The molecule has 80 valence electrons. The number of rotatable bonds is 5. The van der Waals surface area contributed by atoms with Crippen molar-refractivity contribution >= 4 is 0 Å². The fourth-order valence-corrected chi connectivity index (χ4v) is 0.865. The quantitative estimate of drug-likeness (QED) is 0.394. The first kappa shape index (κ1) is 12.7. The molecule has 0 spiro atoms. The van der Waals surface area contributed by atoms with Gasteiger partial charge in [-0.2, -0.15) is 0 Å². The van der Waals surface area contributed by atoms with E-state index in [0.717, 1.165) is 0 Å². The van der Waals surface area contributed by atoms with Crippen molar-refractivity contribution in [3.63, 3.8) is 0 Å². The van der Waals surface area contributed by atoms with E-state index in [1.807, 2.05) is 0 Å². The molecule has 0 amide bonds. The van der Waals surface area contributed by atoms with E-state index in [4.69, 9.17) is 5.11 Å². The van der Waals surface area contributed by atoms with Crippen molar-refractivity contribution in [2.45, 2.75) is 13.0 Å². The minimum atomic E-state index is -0.751. The predicted octanol–water partition coefficient (Wildman–Crippen LogP) is 1.03. The van der Waals surface area contributed by atoms with Gasteiger partial charge in [-0.1, -0.05) is 12.7 Å². The van der Waals surface area contributed by atoms with Crippen molar-refractivity contribution in [3.05, 3.63) is 35.8 Å². The van der Waals surface area contributed by atoms with E-state index < -0.39 is 6.10 Å². The molecule has 0 bridgehead atoms. The van der Waals surface area contributed by atoms with Crippen molar-refractivity contribution in [1.82, 2.24) is 5.32 Å². The van der Waals surface area contributed by atoms with Gasteiger partial charge in [0.05, 0.1) is 6.10 Å². The summed E-state index contributed by atoms with van der Waals surface area (Å²) >= 11 is 0. The number of hydrogen-bond donors (Lipinski definition) is 4. The minimum Gasteiger partial charge on any atom is -0.509 e. The lowest BCUT2D eigenvalue weighted by molar-refractivity contribution is 0.213. The number of aliphatic hydroxyl groups is 3. The number of hydrogen-bond acceptors (Lipinski definition) is 4. The zero-order chi connectivity index (χ0) is 11.1. The summed E-state index contributed by atoms with van der Waals surface area (Å²) in [6.45, 7) is 5.22. The van der Waals surface area contributed by atoms with Crippen LogP contribution in [0, 0.1) is 0 Å². The normalized spacial score (nSPS) is 16.1. The van der Waals surface area contributed by atoms with Gasteiger partial charge in [-0.05, 0) is 25.6 Å². The molecule has 0 saturated heterocycles. The Morgan fingerprint density at radius 1 is 1.50 bits per heavy atom. The van der Waals surface area contributed by atoms with Crippen LogP contribution in [0.25, 0.3) is 0 Å². The number of allylic oxidation sites excluding steroid dienone is 2. The van der Waals surface area contributed by atoms with E-state index >= 15 is 0 Å². The monoisotopic (exact) mass is 199 g/mol. The Balaban J connectivity index is 4.71. The number of nitrogens with one attached hydrogen (secondary N) is 1. The average molecular weight is 199 g/mol. The van der Waals surface area contributed by atoms with Crippen LogP contribution in [0.3, 0.4) is 0 Å². The van der Waals surface area contributed by atoms with Gasteiger partial charge in [0.2, 0.25) is 0 Å². The van der Waals surface area contributed by atoms with Gasteiger partial charge >= 0.3 is 0 Å². The SMILES string of the molecule is C=C/C(=C\C(O)=C(/C)O)C(O)CNC. The lowest BCUT2D eigenvalue weighted by atomic mass is 10.1. The molecule has 4 heteroatoms. The molecule has 0 aliphatic heterocycles. The van der Waals surface area contributed by atoms with Crippen molar-refractivity contribution in [1.29, 1.82) is 0 Å². The van der Waals surface area contributed by atoms with Crippen LogP contribution in [-0.2, 0) is 0 Å². The van der Waals surface area contributed by atoms with Gasteiger partial charge in [-0.3, -0.25) is 0 Å². The Kier molecular flexibility index (Phi) is 5.67. The van der Waals surface area contributed by atoms with E-state index in [2.05, 4.69) is 11.9 Å². The molecular formula is C10H17NO3. The van der Waals surface area contributed by atoms with Gasteiger partial charge in [-0.15, -0.1) is 0 Å². The van der Waals surface area contributed by atoms with E-state index in [1.165, 1.54) is 19.1 Å². The molecule has 0 saturated carbocycles. The molecular weight excluding hydrogens is 182 g/mol. The Morgan fingerprint density at radius 2 is 2.07 bits per heavy atom. The Hall–Kier alpha value is -1.26. The van der Waals surface area contributed by atoms with Crippen LogP contribution in [0.15, 0.2) is 35.8 Å². The molecule has 14 heavy (non-hydrogen) atoms. The van der Waals surface area contributed by atoms with Crippen molar-refractivity contribution in [2.24, 2.45) is 0 Å². The van der Waals surface area contributed by atoms with Crippen molar-refractivity contribution in [2.75, 3.05) is 13.6 Å². The molecule has 0 heterocycles. The van der Waals surface area contributed by atoms with Crippen LogP contribution in [0.1, 0.15) is 6.92 Å². The van der Waals surface area contributed by atoms with E-state index in [0.29, 0.717) is 12.1 Å². The Bertz CT molecular complexity index is 252. The zero-order valence-corrected chi connectivity index (χ0v) is 8.49. The highest BCUT2D eigenvalue weighted by atomic mass is 16.3. The summed E-state index contributed by atoms with van der Waals surface area (Å²) in [5.74, 6) is -0.462. The van der Waals surface area contributed by atoms with E-state index in [-0.39, 0.29) is 11.5 Å². The van der Waals surface area contributed by atoms with E-state index in [9.17, 15) is 10.2 Å². The maximum Gasteiger partial charge on any atom is 0.153 e. The summed E-state index contributed by atoms with van der Waals surface area (Å²) in [5.41, 5.74) is 0.449. The predicted molar refractivity (Wildman–Crippen MR) is 56.2 cm³/mol. The summed E-state index contributed by atoms with van der Waals surface area (Å²) in [6, 6.07) is 0. The van der Waals surface area contributed by atoms with Crippen LogP contribution in [-0.4, -0.2) is 35.0 Å². The van der Waals surface area contributed by atoms with Gasteiger partial charge in [0.15, 0.2) is 5.76 Å². The topological polar surface area (TPSA) is 72.7 Å². The molecule has 4 N–H and O–H groups in total. The van der Waals surface area contributed by atoms with Gasteiger partial charge in [0.1, 0.15) is 5.76 Å². The van der Waals surface area contributed by atoms with Gasteiger partial charge in [-0.25, -0.2) is 0 Å². The summed E-state index contributed by atoms with van der Waals surface area (Å²) < 4.78 is 0. The molecule has 0 aromatic heterocycles. The van der Waals surface area contributed by atoms with Crippen LogP contribution in [0.5, 0.6) is 0 Å². The fraction of sp³-hybridized carbons (Fsp3) is 0.400. The highest BCUT2D eigenvalue weighted by molar-refractivity contribution is 5.29. The standard InChI is InChI=1S/C10H17NO3/c1-4-8(10(14)6-11-3)5-9(13)7(2)12/h4-5,10-14H,1,6H2,2-3H3/b8-5+,9-7-. The summed E-state index contributed by atoms with van der Waals surface area (Å²) in [5, 5.41) is 30.5. The summed E-state index contributed by atoms with van der Waals surface area (Å²) in [4.78, 5) is 0.